The number of hydrogen-bond donors (Lipinski definition) is 2. The molecule has 0 bridgehead atoms. The van der Waals surface area contributed by atoms with Crippen molar-refractivity contribution in [3.05, 3.63) is 24.3 Å². The van der Waals surface area contributed by atoms with Gasteiger partial charge in [-0.3, -0.25) is 0 Å². The summed E-state index contributed by atoms with van der Waals surface area (Å²) in [5.41, 5.74) is 0.133. The van der Waals surface area contributed by atoms with Gasteiger partial charge in [-0.15, -0.1) is 0 Å². The minimum atomic E-state index is -0.540. The van der Waals surface area contributed by atoms with Crippen molar-refractivity contribution in [3.63, 3.8) is 0 Å². The van der Waals surface area contributed by atoms with Crippen LogP contribution in [-0.2, 0) is 4.74 Å². The quantitative estimate of drug-likeness (QED) is 0.878. The number of carbonyl (C=O) groups excluding carboxylic acids is 2. The highest BCUT2D eigenvalue weighted by atomic mass is 16.6. The number of alkyl carbamates (subject to hydrolysis) is 1. The number of piperidine rings is 1. The molecule has 2 N–H and O–H groups in total. The molecular weight excluding hydrogens is 322 g/mol. The van der Waals surface area contributed by atoms with Gasteiger partial charge in [0.1, 0.15) is 11.4 Å². The zero-order chi connectivity index (χ0) is 18.4. The van der Waals surface area contributed by atoms with E-state index in [9.17, 15) is 9.59 Å². The summed E-state index contributed by atoms with van der Waals surface area (Å²) in [5, 5.41) is 5.70. The smallest absolute Gasteiger partial charge is 0.407 e. The molecule has 0 spiro atoms. The normalized spacial score (nSPS) is 17.6. The highest BCUT2D eigenvalue weighted by molar-refractivity contribution is 5.89. The first-order valence-corrected chi connectivity index (χ1v) is 8.46. The third kappa shape index (κ3) is 6.17. The Balaban J connectivity index is 1.89. The summed E-state index contributed by atoms with van der Waals surface area (Å²) >= 11 is 0. The van der Waals surface area contributed by atoms with Gasteiger partial charge in [-0.2, -0.15) is 0 Å². The highest BCUT2D eigenvalue weighted by Crippen LogP contribution is 2.18. The predicted octanol–water partition coefficient (Wildman–Crippen LogP) is 3.22. The maximum atomic E-state index is 12.5. The van der Waals surface area contributed by atoms with Crippen molar-refractivity contribution in [3.8, 4) is 5.75 Å². The van der Waals surface area contributed by atoms with E-state index in [0.717, 1.165) is 12.8 Å². The minimum absolute atomic E-state index is 0.111. The van der Waals surface area contributed by atoms with Crippen LogP contribution in [0.5, 0.6) is 5.75 Å². The Morgan fingerprint density at radius 1 is 1.28 bits per heavy atom. The average molecular weight is 349 g/mol. The van der Waals surface area contributed by atoms with Crippen molar-refractivity contribution in [2.24, 2.45) is 0 Å². The number of benzene rings is 1. The molecule has 25 heavy (non-hydrogen) atoms. The van der Waals surface area contributed by atoms with Gasteiger partial charge in [0, 0.05) is 30.9 Å². The number of anilines is 1. The number of urea groups is 1. The van der Waals surface area contributed by atoms with Gasteiger partial charge in [-0.25, -0.2) is 9.59 Å². The van der Waals surface area contributed by atoms with Crippen LogP contribution in [0.4, 0.5) is 15.3 Å². The van der Waals surface area contributed by atoms with Gasteiger partial charge >= 0.3 is 12.1 Å². The molecule has 1 fully saturated rings. The lowest BCUT2D eigenvalue weighted by atomic mass is 10.1. The second-order valence-corrected chi connectivity index (χ2v) is 7.09. The van der Waals surface area contributed by atoms with Crippen molar-refractivity contribution >= 4 is 17.8 Å². The van der Waals surface area contributed by atoms with Gasteiger partial charge in [0.15, 0.2) is 0 Å². The number of carbonyl (C=O) groups is 2. The first-order valence-electron chi connectivity index (χ1n) is 8.46. The molecule has 7 heteroatoms. The van der Waals surface area contributed by atoms with Crippen LogP contribution in [-0.4, -0.2) is 48.9 Å². The van der Waals surface area contributed by atoms with Crippen molar-refractivity contribution in [1.29, 1.82) is 0 Å². The molecule has 0 aromatic heterocycles. The third-order valence-electron chi connectivity index (χ3n) is 3.75. The highest BCUT2D eigenvalue weighted by Gasteiger charge is 2.26. The molecule has 0 saturated carbocycles. The monoisotopic (exact) mass is 349 g/mol. The van der Waals surface area contributed by atoms with Gasteiger partial charge < -0.3 is 25.0 Å². The number of nitrogens with zero attached hydrogens (tertiary/aromatic N) is 1. The van der Waals surface area contributed by atoms with Crippen LogP contribution in [0.3, 0.4) is 0 Å². The fourth-order valence-corrected chi connectivity index (χ4v) is 2.66. The SMILES string of the molecule is COc1cccc(NC(=O)N2CCC[C@@H](NC(=O)OC(C)(C)C)C2)c1. The number of methoxy groups -OCH3 is 1. The predicted molar refractivity (Wildman–Crippen MR) is 96.0 cm³/mol. The summed E-state index contributed by atoms with van der Waals surface area (Å²) in [6, 6.07) is 6.90. The Bertz CT molecular complexity index is 613. The second-order valence-electron chi connectivity index (χ2n) is 7.09. The van der Waals surface area contributed by atoms with E-state index in [0.29, 0.717) is 24.5 Å². The molecule has 1 atom stereocenters. The first-order chi connectivity index (χ1) is 11.8. The molecule has 3 amide bonds. The Labute approximate surface area is 148 Å². The molecule has 0 radical (unpaired) electrons. The lowest BCUT2D eigenvalue weighted by Crippen LogP contribution is -2.51. The zero-order valence-corrected chi connectivity index (χ0v) is 15.3. The van der Waals surface area contributed by atoms with E-state index in [-0.39, 0.29) is 12.1 Å². The molecule has 2 rings (SSSR count). The molecule has 7 nitrogen and oxygen atoms in total. The van der Waals surface area contributed by atoms with Gasteiger partial charge in [-0.05, 0) is 45.7 Å². The van der Waals surface area contributed by atoms with Crippen LogP contribution in [0.15, 0.2) is 24.3 Å². The summed E-state index contributed by atoms with van der Waals surface area (Å²) in [6.45, 7) is 6.57. The Morgan fingerprint density at radius 2 is 2.04 bits per heavy atom. The number of nitrogens with one attached hydrogen (secondary N) is 2. The average Bonchev–Trinajstić information content (AvgIpc) is 2.53. The van der Waals surface area contributed by atoms with Crippen molar-refractivity contribution < 1.29 is 19.1 Å². The third-order valence-corrected chi connectivity index (χ3v) is 3.75. The molecule has 1 aliphatic heterocycles. The molecule has 138 valence electrons. The Kier molecular flexibility index (Phi) is 6.12. The molecule has 0 unspecified atom stereocenters. The van der Waals surface area contributed by atoms with E-state index >= 15 is 0 Å². The van der Waals surface area contributed by atoms with E-state index in [2.05, 4.69) is 10.6 Å². The van der Waals surface area contributed by atoms with Crippen LogP contribution in [0, 0.1) is 0 Å². The van der Waals surface area contributed by atoms with Crippen LogP contribution >= 0.6 is 0 Å². The number of ether oxygens (including phenoxy) is 2. The fraction of sp³-hybridized carbons (Fsp3) is 0.556. The molecule has 0 aliphatic carbocycles. The molecule has 1 aromatic carbocycles. The Hall–Kier alpha value is -2.44. The van der Waals surface area contributed by atoms with Gasteiger partial charge in [0.25, 0.3) is 0 Å². The minimum Gasteiger partial charge on any atom is -0.497 e. The second kappa shape index (κ2) is 8.09. The topological polar surface area (TPSA) is 79.9 Å². The van der Waals surface area contributed by atoms with E-state index in [1.165, 1.54) is 0 Å². The molecular formula is C18H27N3O4. The zero-order valence-electron chi connectivity index (χ0n) is 15.3. The number of likely N-dealkylation sites (tertiary alicyclic amines) is 1. The van der Waals surface area contributed by atoms with E-state index in [4.69, 9.17) is 9.47 Å². The standard InChI is InChI=1S/C18H27N3O4/c1-18(2,3)25-17(23)20-14-8-6-10-21(12-14)16(22)19-13-7-5-9-15(11-13)24-4/h5,7,9,11,14H,6,8,10,12H2,1-4H3,(H,19,22)(H,20,23)/t14-/m1/s1. The lowest BCUT2D eigenvalue weighted by molar-refractivity contribution is 0.0480. The number of hydrogen-bond acceptors (Lipinski definition) is 4. The van der Waals surface area contributed by atoms with Crippen molar-refractivity contribution in [2.45, 2.75) is 45.3 Å². The van der Waals surface area contributed by atoms with Gasteiger partial charge in [0.05, 0.1) is 7.11 Å². The van der Waals surface area contributed by atoms with Crippen LogP contribution in [0.2, 0.25) is 0 Å². The van der Waals surface area contributed by atoms with Gasteiger partial charge in [-0.1, -0.05) is 6.07 Å². The molecule has 1 saturated heterocycles. The molecule has 1 aromatic rings. The molecule has 1 heterocycles. The van der Waals surface area contributed by atoms with Crippen molar-refractivity contribution in [2.75, 3.05) is 25.5 Å². The van der Waals surface area contributed by atoms with Crippen LogP contribution in [0.25, 0.3) is 0 Å². The summed E-state index contributed by atoms with van der Waals surface area (Å²) in [6.07, 6.45) is 1.20. The summed E-state index contributed by atoms with van der Waals surface area (Å²) in [5.74, 6) is 0.681. The van der Waals surface area contributed by atoms with Crippen LogP contribution in [0.1, 0.15) is 33.6 Å². The Morgan fingerprint density at radius 3 is 2.72 bits per heavy atom. The maximum absolute atomic E-state index is 12.5. The first kappa shape index (κ1) is 18.9. The number of rotatable bonds is 3. The fourth-order valence-electron chi connectivity index (χ4n) is 2.66. The summed E-state index contributed by atoms with van der Waals surface area (Å²) in [4.78, 5) is 26.1. The summed E-state index contributed by atoms with van der Waals surface area (Å²) < 4.78 is 10.4. The lowest BCUT2D eigenvalue weighted by Gasteiger charge is -2.33. The molecule has 1 aliphatic rings. The van der Waals surface area contributed by atoms with E-state index in [1.807, 2.05) is 32.9 Å². The van der Waals surface area contributed by atoms with E-state index < -0.39 is 11.7 Å². The van der Waals surface area contributed by atoms with E-state index in [1.54, 1.807) is 24.1 Å². The largest absolute Gasteiger partial charge is 0.497 e. The summed E-state index contributed by atoms with van der Waals surface area (Å²) in [7, 11) is 1.58. The van der Waals surface area contributed by atoms with Crippen LogP contribution < -0.4 is 15.4 Å². The number of amides is 3. The van der Waals surface area contributed by atoms with Crippen molar-refractivity contribution in [1.82, 2.24) is 10.2 Å². The van der Waals surface area contributed by atoms with Gasteiger partial charge in [0.2, 0.25) is 0 Å². The maximum Gasteiger partial charge on any atom is 0.407 e.